The summed E-state index contributed by atoms with van der Waals surface area (Å²) >= 11 is 5.69. The van der Waals surface area contributed by atoms with Crippen LogP contribution in [0.2, 0.25) is 5.02 Å². The Morgan fingerprint density at radius 3 is 3.00 bits per heavy atom. The molecule has 13 heavy (non-hydrogen) atoms. The average Bonchev–Trinajstić information content (AvgIpc) is 2.08. The molecule has 0 aromatic carbocycles. The van der Waals surface area contributed by atoms with Crippen LogP contribution in [0.3, 0.4) is 0 Å². The van der Waals surface area contributed by atoms with Gasteiger partial charge in [0.15, 0.2) is 0 Å². The van der Waals surface area contributed by atoms with Crippen molar-refractivity contribution in [2.75, 3.05) is 6.61 Å². The highest BCUT2D eigenvalue weighted by molar-refractivity contribution is 6.30. The summed E-state index contributed by atoms with van der Waals surface area (Å²) in [4.78, 5) is 3.91. The van der Waals surface area contributed by atoms with Crippen LogP contribution in [0.1, 0.15) is 12.5 Å². The number of rotatable bonds is 3. The third kappa shape index (κ3) is 2.32. The molecule has 0 spiro atoms. The number of ether oxygens (including phenoxy) is 1. The van der Waals surface area contributed by atoms with Crippen molar-refractivity contribution in [1.29, 1.82) is 5.41 Å². The molecule has 0 amide bonds. The predicted molar refractivity (Wildman–Crippen MR) is 51.4 cm³/mol. The molecular weight excluding hydrogens is 190 g/mol. The van der Waals surface area contributed by atoms with Gasteiger partial charge in [0, 0.05) is 6.20 Å². The summed E-state index contributed by atoms with van der Waals surface area (Å²) in [6.07, 6.45) is 1.46. The molecule has 0 saturated carbocycles. The third-order valence-corrected chi connectivity index (χ3v) is 1.60. The molecule has 0 aliphatic rings. The van der Waals surface area contributed by atoms with Crippen LogP contribution in [0.25, 0.3) is 0 Å². The van der Waals surface area contributed by atoms with Gasteiger partial charge in [-0.05, 0) is 13.0 Å². The lowest BCUT2D eigenvalue weighted by atomic mass is 10.2. The van der Waals surface area contributed by atoms with E-state index in [9.17, 15) is 0 Å². The van der Waals surface area contributed by atoms with Crippen molar-refractivity contribution in [2.24, 2.45) is 5.73 Å². The van der Waals surface area contributed by atoms with Crippen LogP contribution in [0, 0.1) is 5.41 Å². The van der Waals surface area contributed by atoms with Gasteiger partial charge in [0.2, 0.25) is 5.88 Å². The predicted octanol–water partition coefficient (Wildman–Crippen LogP) is 1.42. The van der Waals surface area contributed by atoms with E-state index in [4.69, 9.17) is 27.5 Å². The third-order valence-electron chi connectivity index (χ3n) is 1.39. The fourth-order valence-corrected chi connectivity index (χ4v) is 1.03. The molecule has 70 valence electrons. The maximum atomic E-state index is 7.25. The number of amidine groups is 1. The van der Waals surface area contributed by atoms with Crippen LogP contribution >= 0.6 is 11.6 Å². The zero-order chi connectivity index (χ0) is 9.84. The van der Waals surface area contributed by atoms with E-state index in [2.05, 4.69) is 4.98 Å². The van der Waals surface area contributed by atoms with E-state index in [0.717, 1.165) is 0 Å². The second kappa shape index (κ2) is 4.09. The van der Waals surface area contributed by atoms with E-state index in [1.54, 1.807) is 6.07 Å². The molecule has 0 aliphatic carbocycles. The lowest BCUT2D eigenvalue weighted by Crippen LogP contribution is -2.14. The molecule has 0 aliphatic heterocycles. The minimum absolute atomic E-state index is 0.0987. The molecule has 0 bridgehead atoms. The number of nitrogens with two attached hydrogens (primary N) is 1. The Balaban J connectivity index is 3.10. The Bertz CT molecular complexity index is 327. The summed E-state index contributed by atoms with van der Waals surface area (Å²) in [7, 11) is 0. The van der Waals surface area contributed by atoms with E-state index < -0.39 is 0 Å². The van der Waals surface area contributed by atoms with Crippen molar-refractivity contribution < 1.29 is 4.74 Å². The quantitative estimate of drug-likeness (QED) is 0.571. The van der Waals surface area contributed by atoms with Gasteiger partial charge < -0.3 is 10.5 Å². The molecule has 1 rings (SSSR count). The number of aromatic nitrogens is 1. The van der Waals surface area contributed by atoms with Crippen LogP contribution in [0.15, 0.2) is 12.3 Å². The fourth-order valence-electron chi connectivity index (χ4n) is 0.871. The van der Waals surface area contributed by atoms with Gasteiger partial charge in [-0.2, -0.15) is 0 Å². The average molecular weight is 200 g/mol. The molecule has 1 aromatic rings. The molecule has 0 atom stereocenters. The van der Waals surface area contributed by atoms with Crippen molar-refractivity contribution in [2.45, 2.75) is 6.92 Å². The topological polar surface area (TPSA) is 72.0 Å². The summed E-state index contributed by atoms with van der Waals surface area (Å²) in [6.45, 7) is 2.31. The Hall–Kier alpha value is -1.29. The van der Waals surface area contributed by atoms with Crippen molar-refractivity contribution in [3.63, 3.8) is 0 Å². The largest absolute Gasteiger partial charge is 0.477 e. The summed E-state index contributed by atoms with van der Waals surface area (Å²) < 4.78 is 5.16. The standard InChI is InChI=1S/C8H10ClN3O/c1-2-13-8-6(7(10)11)3-5(9)4-12-8/h3-4H,2H2,1H3,(H3,10,11). The number of pyridine rings is 1. The SMILES string of the molecule is CCOc1ncc(Cl)cc1C(=N)N. The van der Waals surface area contributed by atoms with Gasteiger partial charge in [-0.15, -0.1) is 0 Å². The van der Waals surface area contributed by atoms with Crippen molar-refractivity contribution in [1.82, 2.24) is 4.98 Å². The molecule has 3 N–H and O–H groups in total. The molecule has 0 saturated heterocycles. The Morgan fingerprint density at radius 1 is 1.77 bits per heavy atom. The van der Waals surface area contributed by atoms with Crippen molar-refractivity contribution in [3.8, 4) is 5.88 Å². The van der Waals surface area contributed by atoms with Gasteiger partial charge in [0.05, 0.1) is 17.2 Å². The molecule has 4 nitrogen and oxygen atoms in total. The maximum Gasteiger partial charge on any atom is 0.224 e. The molecule has 0 unspecified atom stereocenters. The molecule has 1 heterocycles. The summed E-state index contributed by atoms with van der Waals surface area (Å²) in [5, 5.41) is 7.69. The Kier molecular flexibility index (Phi) is 3.08. The smallest absolute Gasteiger partial charge is 0.224 e. The highest BCUT2D eigenvalue weighted by Gasteiger charge is 2.08. The van der Waals surface area contributed by atoms with Crippen LogP contribution < -0.4 is 10.5 Å². The van der Waals surface area contributed by atoms with Gasteiger partial charge >= 0.3 is 0 Å². The van der Waals surface area contributed by atoms with Gasteiger partial charge in [-0.3, -0.25) is 5.41 Å². The number of nitrogens with one attached hydrogen (secondary N) is 1. The molecule has 0 radical (unpaired) electrons. The fraction of sp³-hybridized carbons (Fsp3) is 0.250. The molecule has 5 heteroatoms. The second-order valence-electron chi connectivity index (χ2n) is 2.35. The van der Waals surface area contributed by atoms with Gasteiger partial charge in [0.25, 0.3) is 0 Å². The molecule has 1 aromatic heterocycles. The first-order valence-corrected chi connectivity index (χ1v) is 4.15. The molecular formula is C8H10ClN3O. The van der Waals surface area contributed by atoms with E-state index in [1.165, 1.54) is 6.20 Å². The summed E-state index contributed by atoms with van der Waals surface area (Å²) in [6, 6.07) is 1.56. The van der Waals surface area contributed by atoms with Crippen molar-refractivity contribution >= 4 is 17.4 Å². The number of nitrogen functional groups attached to an aromatic ring is 1. The molecule has 0 fully saturated rings. The number of hydrogen-bond acceptors (Lipinski definition) is 3. The summed E-state index contributed by atoms with van der Waals surface area (Å²) in [5.74, 6) is 0.248. The number of nitrogens with zero attached hydrogens (tertiary/aromatic N) is 1. The summed E-state index contributed by atoms with van der Waals surface area (Å²) in [5.41, 5.74) is 5.74. The van der Waals surface area contributed by atoms with Gasteiger partial charge in [-0.1, -0.05) is 11.6 Å². The van der Waals surface area contributed by atoms with Crippen molar-refractivity contribution in [3.05, 3.63) is 22.8 Å². The number of hydrogen-bond donors (Lipinski definition) is 2. The lowest BCUT2D eigenvalue weighted by molar-refractivity contribution is 0.326. The van der Waals surface area contributed by atoms with Crippen LogP contribution in [0.4, 0.5) is 0 Å². The first-order valence-electron chi connectivity index (χ1n) is 3.78. The van der Waals surface area contributed by atoms with Crippen LogP contribution in [0.5, 0.6) is 5.88 Å². The van der Waals surface area contributed by atoms with Gasteiger partial charge in [-0.25, -0.2) is 4.98 Å². The highest BCUT2D eigenvalue weighted by Crippen LogP contribution is 2.18. The first-order chi connectivity index (χ1) is 6.15. The first kappa shape index (κ1) is 9.80. The van der Waals surface area contributed by atoms with Crippen LogP contribution in [-0.4, -0.2) is 17.4 Å². The lowest BCUT2D eigenvalue weighted by Gasteiger charge is -2.07. The maximum absolute atomic E-state index is 7.25. The second-order valence-corrected chi connectivity index (χ2v) is 2.79. The minimum atomic E-state index is -0.0987. The van der Waals surface area contributed by atoms with E-state index >= 15 is 0 Å². The normalized spacial score (nSPS) is 9.69. The number of halogens is 1. The van der Waals surface area contributed by atoms with E-state index in [-0.39, 0.29) is 5.84 Å². The zero-order valence-electron chi connectivity index (χ0n) is 7.17. The monoisotopic (exact) mass is 199 g/mol. The Labute approximate surface area is 81.2 Å². The Morgan fingerprint density at radius 2 is 2.46 bits per heavy atom. The van der Waals surface area contributed by atoms with E-state index in [1.807, 2.05) is 6.92 Å². The van der Waals surface area contributed by atoms with Crippen LogP contribution in [-0.2, 0) is 0 Å². The highest BCUT2D eigenvalue weighted by atomic mass is 35.5. The van der Waals surface area contributed by atoms with Gasteiger partial charge in [0.1, 0.15) is 5.84 Å². The van der Waals surface area contributed by atoms with E-state index in [0.29, 0.717) is 23.1 Å². The zero-order valence-corrected chi connectivity index (χ0v) is 7.93. The minimum Gasteiger partial charge on any atom is -0.477 e.